The molecule has 3 heterocycles. The van der Waals surface area contributed by atoms with Gasteiger partial charge in [0.05, 0.1) is 25.2 Å². The summed E-state index contributed by atoms with van der Waals surface area (Å²) in [5, 5.41) is 0. The Balaban J connectivity index is 0.00000225. The molecular formula is C16H23ClN4O4. The maximum absolute atomic E-state index is 12.8. The zero-order valence-corrected chi connectivity index (χ0v) is 14.9. The van der Waals surface area contributed by atoms with Crippen LogP contribution >= 0.6 is 12.4 Å². The predicted molar refractivity (Wildman–Crippen MR) is 92.9 cm³/mol. The van der Waals surface area contributed by atoms with Crippen molar-refractivity contribution in [2.24, 2.45) is 5.73 Å². The third kappa shape index (κ3) is 4.02. The Morgan fingerprint density at radius 3 is 3.04 bits per heavy atom. The molecule has 2 saturated heterocycles. The summed E-state index contributed by atoms with van der Waals surface area (Å²) in [6.45, 7) is 1.93. The molecule has 0 radical (unpaired) electrons. The highest BCUT2D eigenvalue weighted by Crippen LogP contribution is 2.25. The number of pyridine rings is 1. The number of hydrogen-bond acceptors (Lipinski definition) is 6. The molecule has 2 aliphatic heterocycles. The molecule has 9 heteroatoms. The van der Waals surface area contributed by atoms with Gasteiger partial charge in [0.25, 0.3) is 5.91 Å². The zero-order valence-electron chi connectivity index (χ0n) is 14.1. The van der Waals surface area contributed by atoms with Crippen LogP contribution in [0.15, 0.2) is 18.3 Å². The van der Waals surface area contributed by atoms with Crippen LogP contribution in [-0.2, 0) is 9.53 Å². The third-order valence-electron chi connectivity index (χ3n) is 4.41. The second-order valence-electron chi connectivity index (χ2n) is 5.93. The van der Waals surface area contributed by atoms with E-state index in [1.54, 1.807) is 35.2 Å². The number of hydrogen-bond donors (Lipinski definition) is 1. The topological polar surface area (TPSA) is 98.0 Å². The normalized spacial score (nSPS) is 22.9. The van der Waals surface area contributed by atoms with Gasteiger partial charge in [0.15, 0.2) is 11.4 Å². The first-order valence-corrected chi connectivity index (χ1v) is 8.06. The van der Waals surface area contributed by atoms with Gasteiger partial charge in [-0.15, -0.1) is 12.4 Å². The van der Waals surface area contributed by atoms with E-state index in [0.29, 0.717) is 45.0 Å². The van der Waals surface area contributed by atoms with Crippen molar-refractivity contribution in [1.29, 1.82) is 0 Å². The molecule has 2 N–H and O–H groups in total. The smallest absolute Gasteiger partial charge is 0.276 e. The van der Waals surface area contributed by atoms with Crippen molar-refractivity contribution < 1.29 is 19.1 Å². The molecule has 0 aromatic carbocycles. The van der Waals surface area contributed by atoms with Gasteiger partial charge in [0.2, 0.25) is 5.91 Å². The quantitative estimate of drug-likeness (QED) is 0.795. The summed E-state index contributed by atoms with van der Waals surface area (Å²) in [6, 6.07) is 3.29. The van der Waals surface area contributed by atoms with Gasteiger partial charge in [0, 0.05) is 32.9 Å². The number of ether oxygens (including phenoxy) is 2. The van der Waals surface area contributed by atoms with Crippen molar-refractivity contribution in [2.45, 2.75) is 18.6 Å². The fourth-order valence-electron chi connectivity index (χ4n) is 3.10. The van der Waals surface area contributed by atoms with Crippen LogP contribution in [0.1, 0.15) is 16.9 Å². The lowest BCUT2D eigenvalue weighted by Gasteiger charge is -2.25. The number of aromatic nitrogens is 1. The molecule has 8 nitrogen and oxygen atoms in total. The summed E-state index contributed by atoms with van der Waals surface area (Å²) in [7, 11) is 1.76. The lowest BCUT2D eigenvalue weighted by Crippen LogP contribution is -2.43. The summed E-state index contributed by atoms with van der Waals surface area (Å²) in [5.41, 5.74) is 5.71. The molecule has 0 saturated carbocycles. The monoisotopic (exact) mass is 370 g/mol. The molecule has 0 bridgehead atoms. The standard InChI is InChI=1S/C16H22N4O4.ClH/c1-19-11-9-20(10-13(11)23-7-4-14(19)21)16(22)15-12(24-8-5-17)3-2-6-18-15;/h2-3,6,11,13H,4-5,7-10,17H2,1H3;1H/t11-,13-;/m0./s1. The van der Waals surface area contributed by atoms with E-state index in [1.165, 1.54) is 0 Å². The Kier molecular flexibility index (Phi) is 6.57. The number of likely N-dealkylation sites (N-methyl/N-ethyl adjacent to an activating group) is 1. The van der Waals surface area contributed by atoms with Crippen LogP contribution in [0.25, 0.3) is 0 Å². The van der Waals surface area contributed by atoms with E-state index in [-0.39, 0.29) is 42.1 Å². The number of amides is 2. The Hall–Kier alpha value is -1.90. The summed E-state index contributed by atoms with van der Waals surface area (Å²) in [5.74, 6) is 0.243. The molecule has 2 atom stereocenters. The average molecular weight is 371 g/mol. The summed E-state index contributed by atoms with van der Waals surface area (Å²) in [6.07, 6.45) is 1.78. The maximum atomic E-state index is 12.8. The summed E-state index contributed by atoms with van der Waals surface area (Å²) in [4.78, 5) is 32.3. The van der Waals surface area contributed by atoms with Crippen molar-refractivity contribution in [1.82, 2.24) is 14.8 Å². The van der Waals surface area contributed by atoms with Gasteiger partial charge < -0.3 is 25.0 Å². The minimum atomic E-state index is -0.222. The lowest BCUT2D eigenvalue weighted by atomic mass is 10.2. The molecule has 0 unspecified atom stereocenters. The fraction of sp³-hybridized carbons (Fsp3) is 0.562. The first-order valence-electron chi connectivity index (χ1n) is 8.06. The number of likely N-dealkylation sites (tertiary alicyclic amines) is 1. The largest absolute Gasteiger partial charge is 0.490 e. The molecule has 2 aliphatic rings. The average Bonchev–Trinajstić information content (AvgIpc) is 2.97. The first kappa shape index (κ1) is 19.4. The fourth-order valence-corrected chi connectivity index (χ4v) is 3.10. The highest BCUT2D eigenvalue weighted by Gasteiger charge is 2.42. The molecule has 2 fully saturated rings. The second kappa shape index (κ2) is 8.46. The SMILES string of the molecule is CN1C(=O)CCO[C@H]2CN(C(=O)c3ncccc3OCCN)C[C@@H]21.Cl. The van der Waals surface area contributed by atoms with Gasteiger partial charge >= 0.3 is 0 Å². The van der Waals surface area contributed by atoms with Gasteiger partial charge in [-0.2, -0.15) is 0 Å². The minimum absolute atomic E-state index is 0. The van der Waals surface area contributed by atoms with Crippen molar-refractivity contribution >= 4 is 24.2 Å². The van der Waals surface area contributed by atoms with E-state index in [2.05, 4.69) is 4.98 Å². The Bertz CT molecular complexity index is 630. The van der Waals surface area contributed by atoms with Crippen LogP contribution in [0.3, 0.4) is 0 Å². The number of carbonyl (C=O) groups is 2. The van der Waals surface area contributed by atoms with Gasteiger partial charge in [-0.05, 0) is 12.1 Å². The Labute approximate surface area is 152 Å². The number of rotatable bonds is 4. The van der Waals surface area contributed by atoms with Gasteiger partial charge in [-0.1, -0.05) is 0 Å². The van der Waals surface area contributed by atoms with Crippen molar-refractivity contribution in [3.8, 4) is 5.75 Å². The minimum Gasteiger partial charge on any atom is -0.490 e. The van der Waals surface area contributed by atoms with E-state index >= 15 is 0 Å². The van der Waals surface area contributed by atoms with Crippen LogP contribution < -0.4 is 10.5 Å². The number of nitrogens with zero attached hydrogens (tertiary/aromatic N) is 3. The molecule has 3 rings (SSSR count). The number of nitrogens with two attached hydrogens (primary N) is 1. The lowest BCUT2D eigenvalue weighted by molar-refractivity contribution is -0.131. The van der Waals surface area contributed by atoms with Crippen molar-refractivity contribution in [2.75, 3.05) is 39.9 Å². The molecule has 0 aliphatic carbocycles. The van der Waals surface area contributed by atoms with Crippen molar-refractivity contribution in [3.63, 3.8) is 0 Å². The molecule has 138 valence electrons. The molecule has 25 heavy (non-hydrogen) atoms. The Morgan fingerprint density at radius 1 is 1.48 bits per heavy atom. The molecule has 0 spiro atoms. The predicted octanol–water partition coefficient (Wildman–Crippen LogP) is -0.0874. The molecule has 2 amide bonds. The highest BCUT2D eigenvalue weighted by atomic mass is 35.5. The number of halogens is 1. The molecular weight excluding hydrogens is 348 g/mol. The van der Waals surface area contributed by atoms with E-state index in [1.807, 2.05) is 0 Å². The first-order chi connectivity index (χ1) is 11.6. The maximum Gasteiger partial charge on any atom is 0.276 e. The number of carbonyl (C=O) groups excluding carboxylic acids is 2. The van der Waals surface area contributed by atoms with Gasteiger partial charge in [-0.25, -0.2) is 4.98 Å². The molecule has 1 aromatic rings. The van der Waals surface area contributed by atoms with Crippen LogP contribution in [0.4, 0.5) is 0 Å². The van der Waals surface area contributed by atoms with Gasteiger partial charge in [-0.3, -0.25) is 9.59 Å². The van der Waals surface area contributed by atoms with Crippen LogP contribution in [-0.4, -0.2) is 78.6 Å². The summed E-state index contributed by atoms with van der Waals surface area (Å²) < 4.78 is 11.3. The van der Waals surface area contributed by atoms with Crippen molar-refractivity contribution in [3.05, 3.63) is 24.0 Å². The molecule has 1 aromatic heterocycles. The highest BCUT2D eigenvalue weighted by molar-refractivity contribution is 5.95. The van der Waals surface area contributed by atoms with Crippen LogP contribution in [0, 0.1) is 0 Å². The van der Waals surface area contributed by atoms with Crippen LogP contribution in [0.2, 0.25) is 0 Å². The summed E-state index contributed by atoms with van der Waals surface area (Å²) >= 11 is 0. The second-order valence-corrected chi connectivity index (χ2v) is 5.93. The third-order valence-corrected chi connectivity index (χ3v) is 4.41. The van der Waals surface area contributed by atoms with E-state index in [9.17, 15) is 9.59 Å². The van der Waals surface area contributed by atoms with E-state index in [0.717, 1.165) is 0 Å². The van der Waals surface area contributed by atoms with E-state index < -0.39 is 0 Å². The zero-order chi connectivity index (χ0) is 17.1. The van der Waals surface area contributed by atoms with Crippen LogP contribution in [0.5, 0.6) is 5.75 Å². The Morgan fingerprint density at radius 2 is 2.28 bits per heavy atom. The van der Waals surface area contributed by atoms with Gasteiger partial charge in [0.1, 0.15) is 6.61 Å². The number of fused-ring (bicyclic) bond motifs is 1. The van der Waals surface area contributed by atoms with E-state index in [4.69, 9.17) is 15.2 Å².